The van der Waals surface area contributed by atoms with Crippen molar-refractivity contribution < 1.29 is 33.0 Å². The molecular formula is C14H13ClF3N3O5S. The highest BCUT2D eigenvalue weighted by molar-refractivity contribution is 7.16. The predicted molar refractivity (Wildman–Crippen MR) is 88.2 cm³/mol. The van der Waals surface area contributed by atoms with Crippen LogP contribution in [0, 0.1) is 0 Å². The molecule has 0 spiro atoms. The highest BCUT2D eigenvalue weighted by Crippen LogP contribution is 2.24. The largest absolute Gasteiger partial charge is 0.490 e. The smallest absolute Gasteiger partial charge is 0.480 e. The molecule has 2 aromatic heterocycles. The Morgan fingerprint density at radius 2 is 1.96 bits per heavy atom. The first-order valence-corrected chi connectivity index (χ1v) is 8.65. The van der Waals surface area contributed by atoms with Crippen molar-refractivity contribution in [2.45, 2.75) is 38.0 Å². The number of hydrogen-bond donors (Lipinski definition) is 2. The fourth-order valence-electron chi connectivity index (χ4n) is 2.45. The van der Waals surface area contributed by atoms with E-state index < -0.39 is 24.2 Å². The molecule has 1 atom stereocenters. The van der Waals surface area contributed by atoms with Gasteiger partial charge in [-0.15, -0.1) is 11.3 Å². The van der Waals surface area contributed by atoms with Gasteiger partial charge in [-0.3, -0.25) is 4.57 Å². The van der Waals surface area contributed by atoms with Gasteiger partial charge >= 0.3 is 23.8 Å². The van der Waals surface area contributed by atoms with E-state index in [1.54, 1.807) is 6.07 Å². The van der Waals surface area contributed by atoms with E-state index in [4.69, 9.17) is 21.5 Å². The maximum atomic E-state index is 12.3. The van der Waals surface area contributed by atoms with Gasteiger partial charge in [-0.25, -0.2) is 19.1 Å². The van der Waals surface area contributed by atoms with E-state index in [0.717, 1.165) is 11.3 Å². The number of halogens is 4. The number of aromatic nitrogens is 3. The van der Waals surface area contributed by atoms with Crippen LogP contribution < -0.4 is 5.69 Å². The molecule has 8 nitrogen and oxygen atoms in total. The SMILES string of the molecule is O=C(O)C(F)(F)F.O=C(O)C1CCCc2nn(Cc3ccc(Cl)s3)c(=O)n21. The van der Waals surface area contributed by atoms with Gasteiger partial charge < -0.3 is 10.2 Å². The van der Waals surface area contributed by atoms with Crippen LogP contribution in [0.5, 0.6) is 0 Å². The molecular weight excluding hydrogens is 415 g/mol. The van der Waals surface area contributed by atoms with Crippen molar-refractivity contribution in [3.63, 3.8) is 0 Å². The number of hydrogen-bond acceptors (Lipinski definition) is 5. The van der Waals surface area contributed by atoms with Crippen LogP contribution in [0.25, 0.3) is 0 Å². The van der Waals surface area contributed by atoms with E-state index in [9.17, 15) is 27.9 Å². The van der Waals surface area contributed by atoms with E-state index in [-0.39, 0.29) is 5.69 Å². The topological polar surface area (TPSA) is 114 Å². The Bertz CT molecular complexity index is 905. The summed E-state index contributed by atoms with van der Waals surface area (Å²) in [6, 6.07) is 2.81. The summed E-state index contributed by atoms with van der Waals surface area (Å²) in [7, 11) is 0. The number of carboxylic acid groups (broad SMARTS) is 2. The molecule has 0 bridgehead atoms. The molecule has 0 amide bonds. The van der Waals surface area contributed by atoms with Gasteiger partial charge in [0, 0.05) is 11.3 Å². The molecule has 13 heteroatoms. The van der Waals surface area contributed by atoms with Crippen LogP contribution in [0.2, 0.25) is 4.34 Å². The number of carbonyl (C=O) groups is 2. The van der Waals surface area contributed by atoms with Gasteiger partial charge in [0.15, 0.2) is 0 Å². The van der Waals surface area contributed by atoms with Crippen molar-refractivity contribution >= 4 is 34.9 Å². The Morgan fingerprint density at radius 1 is 1.33 bits per heavy atom. The minimum absolute atomic E-state index is 0.322. The molecule has 1 unspecified atom stereocenters. The Balaban J connectivity index is 0.000000321. The van der Waals surface area contributed by atoms with Crippen molar-refractivity contribution in [2.24, 2.45) is 0 Å². The second-order valence-electron chi connectivity index (χ2n) is 5.48. The van der Waals surface area contributed by atoms with Crippen LogP contribution in [0.1, 0.15) is 29.6 Å². The number of nitrogens with zero attached hydrogens (tertiary/aromatic N) is 3. The van der Waals surface area contributed by atoms with Crippen LogP contribution in [-0.4, -0.2) is 42.7 Å². The summed E-state index contributed by atoms with van der Waals surface area (Å²) in [5.41, 5.74) is -0.364. The highest BCUT2D eigenvalue weighted by atomic mass is 35.5. The molecule has 0 radical (unpaired) electrons. The van der Waals surface area contributed by atoms with Gasteiger partial charge in [-0.2, -0.15) is 18.3 Å². The van der Waals surface area contributed by atoms with Crippen LogP contribution in [0.3, 0.4) is 0 Å². The summed E-state index contributed by atoms with van der Waals surface area (Å²) < 4.78 is 35.0. The maximum Gasteiger partial charge on any atom is 0.490 e. The van der Waals surface area contributed by atoms with Gasteiger partial charge in [-0.05, 0) is 25.0 Å². The average Bonchev–Trinajstić information content (AvgIpc) is 3.11. The van der Waals surface area contributed by atoms with Gasteiger partial charge in [0.1, 0.15) is 11.9 Å². The molecule has 0 saturated carbocycles. The summed E-state index contributed by atoms with van der Waals surface area (Å²) in [6.07, 6.45) is -3.24. The standard InChI is InChI=1S/C12H12ClN3O3S.C2HF3O2/c13-9-5-4-7(20-9)6-15-12(19)16-8(11(17)18)2-1-3-10(16)14-15;3-2(4,5)1(6)7/h4-5,8H,1-3,6H2,(H,17,18);(H,6,7). The molecule has 3 rings (SSSR count). The number of alkyl halides is 3. The molecule has 1 aliphatic rings. The minimum atomic E-state index is -5.08. The third-order valence-corrected chi connectivity index (χ3v) is 4.81. The predicted octanol–water partition coefficient (Wildman–Crippen LogP) is 2.40. The van der Waals surface area contributed by atoms with Gasteiger partial charge in [0.05, 0.1) is 10.9 Å². The Hall–Kier alpha value is -2.34. The lowest BCUT2D eigenvalue weighted by Crippen LogP contribution is -2.34. The van der Waals surface area contributed by atoms with Gasteiger partial charge in [0.2, 0.25) is 0 Å². The monoisotopic (exact) mass is 427 g/mol. The van der Waals surface area contributed by atoms with E-state index in [2.05, 4.69) is 5.10 Å². The van der Waals surface area contributed by atoms with Gasteiger partial charge in [-0.1, -0.05) is 11.6 Å². The van der Waals surface area contributed by atoms with Crippen molar-refractivity contribution in [1.29, 1.82) is 0 Å². The van der Waals surface area contributed by atoms with Crippen LogP contribution in [0.4, 0.5) is 13.2 Å². The molecule has 2 N–H and O–H groups in total. The number of thiophene rings is 1. The Kier molecular flexibility index (Phi) is 6.31. The van der Waals surface area contributed by atoms with Crippen LogP contribution in [0.15, 0.2) is 16.9 Å². The quantitative estimate of drug-likeness (QED) is 0.777. The Morgan fingerprint density at radius 3 is 2.44 bits per heavy atom. The maximum absolute atomic E-state index is 12.3. The molecule has 0 aromatic carbocycles. The Labute approximate surface area is 158 Å². The molecule has 3 heterocycles. The zero-order chi connectivity index (χ0) is 20.4. The normalized spacial score (nSPS) is 16.2. The molecule has 27 heavy (non-hydrogen) atoms. The zero-order valence-electron chi connectivity index (χ0n) is 13.4. The molecule has 2 aromatic rings. The van der Waals surface area contributed by atoms with E-state index in [1.807, 2.05) is 6.07 Å². The average molecular weight is 428 g/mol. The molecule has 0 fully saturated rings. The van der Waals surface area contributed by atoms with Crippen molar-refractivity contribution in [3.05, 3.63) is 37.7 Å². The minimum Gasteiger partial charge on any atom is -0.480 e. The fraction of sp³-hybridized carbons (Fsp3) is 0.429. The molecule has 0 aliphatic carbocycles. The summed E-state index contributed by atoms with van der Waals surface area (Å²) >= 11 is 7.24. The number of rotatable bonds is 3. The summed E-state index contributed by atoms with van der Waals surface area (Å²) in [5.74, 6) is -3.18. The summed E-state index contributed by atoms with van der Waals surface area (Å²) in [5, 5.41) is 20.6. The first kappa shape index (κ1) is 21.0. The molecule has 1 aliphatic heterocycles. The van der Waals surface area contributed by atoms with Crippen molar-refractivity contribution in [1.82, 2.24) is 14.3 Å². The molecule has 0 saturated heterocycles. The lowest BCUT2D eigenvalue weighted by Gasteiger charge is -2.19. The lowest BCUT2D eigenvalue weighted by molar-refractivity contribution is -0.192. The second-order valence-corrected chi connectivity index (χ2v) is 7.28. The molecule has 148 valence electrons. The van der Waals surface area contributed by atoms with Crippen LogP contribution >= 0.6 is 22.9 Å². The zero-order valence-corrected chi connectivity index (χ0v) is 15.0. The fourth-order valence-corrected chi connectivity index (χ4v) is 3.52. The lowest BCUT2D eigenvalue weighted by atomic mass is 10.1. The highest BCUT2D eigenvalue weighted by Gasteiger charge is 2.38. The third-order valence-electron chi connectivity index (χ3n) is 3.59. The second kappa shape index (κ2) is 8.13. The third kappa shape index (κ3) is 5.10. The van der Waals surface area contributed by atoms with Gasteiger partial charge in [0.25, 0.3) is 0 Å². The van der Waals surface area contributed by atoms with Crippen LogP contribution in [-0.2, 0) is 22.6 Å². The van der Waals surface area contributed by atoms with E-state index in [1.165, 1.54) is 20.6 Å². The first-order valence-electron chi connectivity index (χ1n) is 7.46. The summed E-state index contributed by atoms with van der Waals surface area (Å²) in [4.78, 5) is 33.4. The van der Waals surface area contributed by atoms with E-state index in [0.29, 0.717) is 29.5 Å². The number of aliphatic carboxylic acids is 2. The van der Waals surface area contributed by atoms with Crippen molar-refractivity contribution in [2.75, 3.05) is 0 Å². The van der Waals surface area contributed by atoms with Crippen molar-refractivity contribution in [3.8, 4) is 0 Å². The number of carboxylic acids is 2. The van der Waals surface area contributed by atoms with E-state index >= 15 is 0 Å². The number of fused-ring (bicyclic) bond motifs is 1. The number of aryl methyl sites for hydroxylation is 1. The summed E-state index contributed by atoms with van der Waals surface area (Å²) in [6.45, 7) is 0.322. The first-order chi connectivity index (χ1) is 12.5.